The summed E-state index contributed by atoms with van der Waals surface area (Å²) in [4.78, 5) is 55.0. The number of nitrogens with one attached hydrogen (secondary N) is 1. The molecule has 3 aliphatic heterocycles. The maximum absolute atomic E-state index is 14.0. The van der Waals surface area contributed by atoms with E-state index in [1.54, 1.807) is 4.90 Å². The van der Waals surface area contributed by atoms with Crippen molar-refractivity contribution in [2.75, 3.05) is 47.2 Å². The number of carbonyl (C=O) groups excluding carboxylic acids is 4. The summed E-state index contributed by atoms with van der Waals surface area (Å²) >= 11 is 0. The predicted molar refractivity (Wildman–Crippen MR) is 180 cm³/mol. The Labute approximate surface area is 303 Å². The fraction of sp³-hybridized carbons (Fsp3) is 0.763. The molecule has 11 nitrogen and oxygen atoms in total. The van der Waals surface area contributed by atoms with Crippen LogP contribution in [-0.4, -0.2) is 92.8 Å². The third kappa shape index (κ3) is 7.89. The Morgan fingerprint density at radius 1 is 0.962 bits per heavy atom. The maximum atomic E-state index is 14.0. The lowest BCUT2D eigenvalue weighted by molar-refractivity contribution is -0.156. The molecule has 1 N–H and O–H groups in total. The number of carbonyl (C=O) groups is 4. The van der Waals surface area contributed by atoms with Crippen LogP contribution in [0.15, 0.2) is 12.3 Å². The first-order valence-corrected chi connectivity index (χ1v) is 18.7. The highest BCUT2D eigenvalue weighted by Gasteiger charge is 2.52. The van der Waals surface area contributed by atoms with Crippen LogP contribution in [0.3, 0.4) is 0 Å². The van der Waals surface area contributed by atoms with Crippen LogP contribution >= 0.6 is 0 Å². The summed E-state index contributed by atoms with van der Waals surface area (Å²) in [7, 11) is 2.83. The smallest absolute Gasteiger partial charge is 0.417 e. The van der Waals surface area contributed by atoms with Gasteiger partial charge in [-0.3, -0.25) is 24.2 Å². The summed E-state index contributed by atoms with van der Waals surface area (Å²) in [5.41, 5.74) is -0.200. The molecule has 3 aliphatic carbocycles. The number of amides is 1. The van der Waals surface area contributed by atoms with E-state index in [4.69, 9.17) is 18.9 Å². The van der Waals surface area contributed by atoms with Gasteiger partial charge in [0.2, 0.25) is 5.91 Å². The monoisotopic (exact) mass is 735 g/mol. The summed E-state index contributed by atoms with van der Waals surface area (Å²) in [6.07, 6.45) is 1.87. The maximum Gasteiger partial charge on any atom is 0.417 e. The van der Waals surface area contributed by atoms with E-state index in [1.807, 2.05) is 0 Å². The van der Waals surface area contributed by atoms with Gasteiger partial charge in [0.25, 0.3) is 0 Å². The predicted octanol–water partition coefficient (Wildman–Crippen LogP) is 4.38. The molecule has 288 valence electrons. The molecule has 1 aromatic rings. The summed E-state index contributed by atoms with van der Waals surface area (Å²) < 4.78 is 60.6. The van der Waals surface area contributed by atoms with Crippen molar-refractivity contribution < 1.29 is 51.3 Å². The van der Waals surface area contributed by atoms with Gasteiger partial charge < -0.3 is 29.2 Å². The van der Waals surface area contributed by atoms with Crippen LogP contribution in [0.2, 0.25) is 0 Å². The second-order valence-electron chi connectivity index (χ2n) is 16.0. The van der Waals surface area contributed by atoms with Gasteiger partial charge in [0.15, 0.2) is 0 Å². The molecule has 0 aromatic carbocycles. The third-order valence-electron chi connectivity index (χ3n) is 12.7. The lowest BCUT2D eigenvalue weighted by atomic mass is 9.70. The van der Waals surface area contributed by atoms with Crippen molar-refractivity contribution in [3.8, 4) is 0 Å². The fourth-order valence-corrected chi connectivity index (χ4v) is 9.74. The van der Waals surface area contributed by atoms with Gasteiger partial charge in [-0.15, -0.1) is 0 Å². The number of ketones is 1. The molecule has 2 saturated heterocycles. The van der Waals surface area contributed by atoms with Crippen molar-refractivity contribution >= 4 is 23.6 Å². The van der Waals surface area contributed by atoms with Gasteiger partial charge in [-0.2, -0.15) is 13.2 Å². The van der Waals surface area contributed by atoms with E-state index in [9.17, 15) is 32.3 Å². The molecule has 6 atom stereocenters. The number of nitrogens with zero attached hydrogens (tertiary/aromatic N) is 2. The number of hydrogen-bond donors (Lipinski definition) is 1. The van der Waals surface area contributed by atoms with Gasteiger partial charge >= 0.3 is 18.1 Å². The van der Waals surface area contributed by atoms with Crippen molar-refractivity contribution in [2.24, 2.45) is 46.8 Å². The molecule has 14 heteroatoms. The standard InChI is InChI=1S/C28H38F3N3O4.C10H14O4/c1-16(2)27(26(36)34-7-5-23-18(13-34)10-21(12-32-23)28(29,30)31)6-4-22(11-27)33-24-19-8-17(25(35)37-3)9-20(24)15-38-14-19;1-13-10(12)6-2-7-4-14-5-8(3-6)9(7)11/h10,12,16-17,19-20,22,24,33H,4-9,11,13-15H2,1-3H3;6-8H,2-5H2,1H3/t17?,19?,20?,22-,24?,27+;/m1./s1. The van der Waals surface area contributed by atoms with Crippen LogP contribution in [0, 0.1) is 46.8 Å². The zero-order valence-corrected chi connectivity index (χ0v) is 30.5. The number of rotatable bonds is 6. The molecule has 0 spiro atoms. The highest BCUT2D eigenvalue weighted by molar-refractivity contribution is 5.87. The fourth-order valence-electron chi connectivity index (χ4n) is 9.74. The molecule has 6 aliphatic rings. The van der Waals surface area contributed by atoms with E-state index in [-0.39, 0.29) is 83.7 Å². The number of aromatic nitrogens is 1. The van der Waals surface area contributed by atoms with Crippen LogP contribution in [-0.2, 0) is 57.3 Å². The highest BCUT2D eigenvalue weighted by atomic mass is 19.4. The molecule has 52 heavy (non-hydrogen) atoms. The average molecular weight is 736 g/mol. The number of fused-ring (bicyclic) bond motifs is 5. The summed E-state index contributed by atoms with van der Waals surface area (Å²) in [6, 6.07) is 1.55. The Hall–Kier alpha value is -3.10. The largest absolute Gasteiger partial charge is 0.469 e. The van der Waals surface area contributed by atoms with Crippen LogP contribution in [0.1, 0.15) is 75.6 Å². The third-order valence-corrected chi connectivity index (χ3v) is 12.7. The number of methoxy groups -OCH3 is 2. The molecule has 7 rings (SSSR count). The molecular formula is C38H52F3N3O8. The Morgan fingerprint density at radius 3 is 2.13 bits per heavy atom. The van der Waals surface area contributed by atoms with Gasteiger partial charge in [0.05, 0.1) is 63.5 Å². The quantitative estimate of drug-likeness (QED) is 0.420. The minimum Gasteiger partial charge on any atom is -0.469 e. The Balaban J connectivity index is 0.000000276. The lowest BCUT2D eigenvalue weighted by Crippen LogP contribution is -2.56. The number of pyridine rings is 1. The van der Waals surface area contributed by atoms with Gasteiger partial charge in [-0.1, -0.05) is 13.8 Å². The van der Waals surface area contributed by atoms with Gasteiger partial charge in [-0.05, 0) is 74.3 Å². The molecule has 4 unspecified atom stereocenters. The van der Waals surface area contributed by atoms with Crippen molar-refractivity contribution in [3.63, 3.8) is 0 Å². The normalized spacial score (nSPS) is 34.2. The van der Waals surface area contributed by atoms with E-state index in [1.165, 1.54) is 14.2 Å². The van der Waals surface area contributed by atoms with Crippen molar-refractivity contribution in [1.82, 2.24) is 15.2 Å². The van der Waals surface area contributed by atoms with Gasteiger partial charge in [0.1, 0.15) is 5.78 Å². The molecule has 3 saturated carbocycles. The lowest BCUT2D eigenvalue weighted by Gasteiger charge is -2.46. The number of ether oxygens (including phenoxy) is 4. The minimum atomic E-state index is -4.46. The zero-order chi connectivity index (χ0) is 37.4. The first-order chi connectivity index (χ1) is 24.7. The molecule has 1 amide bonds. The molecule has 4 bridgehead atoms. The Kier molecular flexibility index (Phi) is 11.7. The topological polar surface area (TPSA) is 133 Å². The number of hydrogen-bond acceptors (Lipinski definition) is 10. The van der Waals surface area contributed by atoms with Crippen LogP contribution in [0.25, 0.3) is 0 Å². The minimum absolute atomic E-state index is 0.0396. The zero-order valence-electron chi connectivity index (χ0n) is 30.5. The van der Waals surface area contributed by atoms with Crippen LogP contribution in [0.5, 0.6) is 0 Å². The number of Topliss-reactive ketones (excluding diaryl/α,β-unsaturated/α-hetero) is 1. The molecule has 5 fully saturated rings. The van der Waals surface area contributed by atoms with E-state index in [2.05, 4.69) is 24.1 Å². The van der Waals surface area contributed by atoms with Gasteiger partial charge in [-0.25, -0.2) is 0 Å². The molecular weight excluding hydrogens is 683 g/mol. The van der Waals surface area contributed by atoms with E-state index < -0.39 is 17.2 Å². The Morgan fingerprint density at radius 2 is 1.56 bits per heavy atom. The SMILES string of the molecule is COC(=O)C1CC2COCC(C1)C2=O.COC(=O)C1CC2COCC(C1)C2N[C@@H]1CC[C@@](C(=O)N2CCc3ncc(C(F)(F)F)cc3C2)(C(C)C)C1. The number of esters is 2. The summed E-state index contributed by atoms with van der Waals surface area (Å²) in [5.74, 6) is 0.187. The molecule has 0 radical (unpaired) electrons. The van der Waals surface area contributed by atoms with E-state index >= 15 is 0 Å². The second-order valence-corrected chi connectivity index (χ2v) is 16.0. The molecule has 1 aromatic heterocycles. The van der Waals surface area contributed by atoms with Crippen molar-refractivity contribution in [2.45, 2.75) is 90.0 Å². The number of halogens is 3. The average Bonchev–Trinajstić information content (AvgIpc) is 3.55. The highest BCUT2D eigenvalue weighted by Crippen LogP contribution is 2.48. The van der Waals surface area contributed by atoms with Crippen molar-refractivity contribution in [1.29, 1.82) is 0 Å². The second kappa shape index (κ2) is 15.7. The summed E-state index contributed by atoms with van der Waals surface area (Å²) in [6.45, 7) is 6.96. The van der Waals surface area contributed by atoms with Crippen LogP contribution < -0.4 is 5.32 Å². The van der Waals surface area contributed by atoms with Crippen molar-refractivity contribution in [3.05, 3.63) is 29.1 Å². The number of alkyl halides is 3. The van der Waals surface area contributed by atoms with E-state index in [0.717, 1.165) is 37.9 Å². The first-order valence-electron chi connectivity index (χ1n) is 18.7. The van der Waals surface area contributed by atoms with Gasteiger partial charge in [0, 0.05) is 55.3 Å². The van der Waals surface area contributed by atoms with E-state index in [0.29, 0.717) is 69.9 Å². The van der Waals surface area contributed by atoms with Crippen LogP contribution in [0.4, 0.5) is 13.2 Å². The Bertz CT molecular complexity index is 1480. The summed E-state index contributed by atoms with van der Waals surface area (Å²) in [5, 5.41) is 3.87. The molecule has 4 heterocycles. The first kappa shape index (κ1) is 38.6.